The molecule has 0 radical (unpaired) electrons. The average Bonchev–Trinajstić information content (AvgIpc) is 3.19. The number of nitrogens with zero attached hydrogens (tertiary/aromatic N) is 3. The topological polar surface area (TPSA) is 60.2 Å². The van der Waals surface area contributed by atoms with E-state index in [0.29, 0.717) is 16.7 Å². The lowest BCUT2D eigenvalue weighted by molar-refractivity contribution is -0.111. The molecule has 3 rings (SSSR count). The maximum atomic E-state index is 14.4. The van der Waals surface area contributed by atoms with Gasteiger partial charge in [0.1, 0.15) is 36.5 Å². The Morgan fingerprint density at radius 1 is 1.28 bits per heavy atom. The molecule has 3 aromatic rings. The molecule has 0 amide bonds. The van der Waals surface area contributed by atoms with Crippen molar-refractivity contribution in [2.75, 3.05) is 6.61 Å². The minimum Gasteiger partial charge on any atom is -0.380 e. The van der Waals surface area contributed by atoms with Crippen LogP contribution in [0, 0.1) is 23.5 Å². The lowest BCUT2D eigenvalue weighted by atomic mass is 9.88. The van der Waals surface area contributed by atoms with Crippen LogP contribution in [0.25, 0.3) is 0 Å². The Kier molecular flexibility index (Phi) is 6.60. The third-order valence-corrected chi connectivity index (χ3v) is 4.77. The molecule has 150 valence electrons. The zero-order valence-electron chi connectivity index (χ0n) is 15.5. The molecule has 0 saturated carbocycles. The van der Waals surface area contributed by atoms with E-state index in [0.717, 1.165) is 6.07 Å². The van der Waals surface area contributed by atoms with Gasteiger partial charge in [0.2, 0.25) is 0 Å². The molecule has 0 spiro atoms. The van der Waals surface area contributed by atoms with Crippen molar-refractivity contribution in [3.05, 3.63) is 82.9 Å². The predicted molar refractivity (Wildman–Crippen MR) is 104 cm³/mol. The summed E-state index contributed by atoms with van der Waals surface area (Å²) < 4.78 is 34.8. The van der Waals surface area contributed by atoms with Crippen LogP contribution in [-0.4, -0.2) is 32.6 Å². The lowest BCUT2D eigenvalue weighted by Gasteiger charge is -2.34. The van der Waals surface area contributed by atoms with Crippen LogP contribution in [0.15, 0.2) is 55.1 Å². The minimum atomic E-state index is -1.84. The van der Waals surface area contributed by atoms with Crippen LogP contribution in [0.4, 0.5) is 8.78 Å². The zero-order valence-corrected chi connectivity index (χ0v) is 16.3. The number of ether oxygens (including phenoxy) is 1. The SMILES string of the molecule is C[C@@H](OCC#Cc1ccccc1Cl)[C@](O)(Cn1cncn1)c1ccc(F)cc1F. The van der Waals surface area contributed by atoms with Gasteiger partial charge in [-0.3, -0.25) is 0 Å². The molecule has 8 heteroatoms. The van der Waals surface area contributed by atoms with E-state index >= 15 is 0 Å². The summed E-state index contributed by atoms with van der Waals surface area (Å²) in [6.07, 6.45) is 1.78. The normalized spacial score (nSPS) is 14.0. The zero-order chi connectivity index (χ0) is 20.9. The summed E-state index contributed by atoms with van der Waals surface area (Å²) >= 11 is 6.06. The van der Waals surface area contributed by atoms with Gasteiger partial charge in [0.15, 0.2) is 0 Å². The highest BCUT2D eigenvalue weighted by Gasteiger charge is 2.40. The van der Waals surface area contributed by atoms with E-state index in [4.69, 9.17) is 16.3 Å². The van der Waals surface area contributed by atoms with Gasteiger partial charge >= 0.3 is 0 Å². The molecule has 5 nitrogen and oxygen atoms in total. The van der Waals surface area contributed by atoms with Gasteiger partial charge in [-0.05, 0) is 25.1 Å². The van der Waals surface area contributed by atoms with Crippen molar-refractivity contribution in [2.45, 2.75) is 25.2 Å². The molecular weight excluding hydrogens is 400 g/mol. The third-order valence-electron chi connectivity index (χ3n) is 4.44. The van der Waals surface area contributed by atoms with Crippen LogP contribution in [0.1, 0.15) is 18.1 Å². The molecule has 0 saturated heterocycles. The standard InChI is InChI=1S/C21H18ClF2N3O2/c1-15(29-10-4-6-16-5-2-3-7-19(16)22)21(28,12-27-14-25-13-26-27)18-9-8-17(23)11-20(18)24/h2-3,5,7-9,11,13-15,28H,10,12H2,1H3/t15-,21-/m1/s1. The Labute approximate surface area is 171 Å². The molecule has 1 aromatic heterocycles. The highest BCUT2D eigenvalue weighted by atomic mass is 35.5. The summed E-state index contributed by atoms with van der Waals surface area (Å²) in [6.45, 7) is 1.40. The minimum absolute atomic E-state index is 0.0329. The molecule has 0 fully saturated rings. The number of aliphatic hydroxyl groups is 1. The molecule has 0 aliphatic rings. The summed E-state index contributed by atoms with van der Waals surface area (Å²) in [5, 5.41) is 15.8. The molecule has 0 aliphatic heterocycles. The molecule has 1 heterocycles. The Morgan fingerprint density at radius 2 is 2.07 bits per heavy atom. The van der Waals surface area contributed by atoms with Crippen LogP contribution in [0.3, 0.4) is 0 Å². The summed E-state index contributed by atoms with van der Waals surface area (Å²) in [4.78, 5) is 3.82. The second kappa shape index (κ2) is 9.14. The van der Waals surface area contributed by atoms with Crippen LogP contribution >= 0.6 is 11.6 Å². The predicted octanol–water partition coefficient (Wildman–Crippen LogP) is 3.55. The Hall–Kier alpha value is -2.79. The second-order valence-corrected chi connectivity index (χ2v) is 6.78. The fraction of sp³-hybridized carbons (Fsp3) is 0.238. The van der Waals surface area contributed by atoms with Gasteiger partial charge in [-0.15, -0.1) is 0 Å². The van der Waals surface area contributed by atoms with Gasteiger partial charge in [-0.2, -0.15) is 5.10 Å². The number of hydrogen-bond acceptors (Lipinski definition) is 4. The van der Waals surface area contributed by atoms with E-state index in [2.05, 4.69) is 21.9 Å². The molecule has 2 atom stereocenters. The van der Waals surface area contributed by atoms with Crippen molar-refractivity contribution < 1.29 is 18.6 Å². The molecule has 0 aliphatic carbocycles. The van der Waals surface area contributed by atoms with E-state index in [-0.39, 0.29) is 18.7 Å². The Bertz CT molecular complexity index is 1030. The molecular formula is C21H18ClF2N3O2. The first-order valence-corrected chi connectivity index (χ1v) is 9.13. The van der Waals surface area contributed by atoms with Crippen molar-refractivity contribution in [3.8, 4) is 11.8 Å². The van der Waals surface area contributed by atoms with Crippen molar-refractivity contribution in [2.24, 2.45) is 0 Å². The Morgan fingerprint density at radius 3 is 2.76 bits per heavy atom. The van der Waals surface area contributed by atoms with E-state index in [9.17, 15) is 13.9 Å². The Balaban J connectivity index is 1.81. The highest BCUT2D eigenvalue weighted by Crippen LogP contribution is 2.31. The quantitative estimate of drug-likeness (QED) is 0.623. The smallest absolute Gasteiger partial charge is 0.138 e. The summed E-state index contributed by atoms with van der Waals surface area (Å²) in [5.41, 5.74) is -1.30. The molecule has 0 unspecified atom stereocenters. The van der Waals surface area contributed by atoms with Crippen molar-refractivity contribution in [3.63, 3.8) is 0 Å². The van der Waals surface area contributed by atoms with E-state index in [1.807, 2.05) is 6.07 Å². The van der Waals surface area contributed by atoms with E-state index in [1.165, 1.54) is 23.4 Å². The largest absolute Gasteiger partial charge is 0.380 e. The highest BCUT2D eigenvalue weighted by molar-refractivity contribution is 6.31. The summed E-state index contributed by atoms with van der Waals surface area (Å²) in [7, 11) is 0. The van der Waals surface area contributed by atoms with Crippen LogP contribution in [0.2, 0.25) is 5.02 Å². The number of halogens is 3. The van der Waals surface area contributed by atoms with Crippen LogP contribution < -0.4 is 0 Å². The first kappa shape index (κ1) is 20.9. The van der Waals surface area contributed by atoms with Crippen molar-refractivity contribution >= 4 is 11.6 Å². The van der Waals surface area contributed by atoms with Crippen molar-refractivity contribution in [1.82, 2.24) is 14.8 Å². The molecule has 2 aromatic carbocycles. The van der Waals surface area contributed by atoms with Gasteiger partial charge in [-0.25, -0.2) is 18.4 Å². The van der Waals surface area contributed by atoms with Gasteiger partial charge < -0.3 is 9.84 Å². The summed E-state index contributed by atoms with van der Waals surface area (Å²) in [6, 6.07) is 10.1. The monoisotopic (exact) mass is 417 g/mol. The maximum absolute atomic E-state index is 14.4. The van der Waals surface area contributed by atoms with E-state index in [1.54, 1.807) is 25.1 Å². The number of rotatable bonds is 6. The van der Waals surface area contributed by atoms with Gasteiger partial charge in [0.05, 0.1) is 17.7 Å². The van der Waals surface area contributed by atoms with E-state index < -0.39 is 23.3 Å². The first-order chi connectivity index (χ1) is 13.9. The fourth-order valence-electron chi connectivity index (χ4n) is 2.83. The lowest BCUT2D eigenvalue weighted by Crippen LogP contribution is -2.44. The van der Waals surface area contributed by atoms with Crippen molar-refractivity contribution in [1.29, 1.82) is 0 Å². The summed E-state index contributed by atoms with van der Waals surface area (Å²) in [5.74, 6) is 4.08. The van der Waals surface area contributed by atoms with Gasteiger partial charge in [0, 0.05) is 17.2 Å². The number of hydrogen-bond donors (Lipinski definition) is 1. The number of aromatic nitrogens is 3. The van der Waals surface area contributed by atoms with Gasteiger partial charge in [0.25, 0.3) is 0 Å². The molecule has 29 heavy (non-hydrogen) atoms. The molecule has 1 N–H and O–H groups in total. The second-order valence-electron chi connectivity index (χ2n) is 6.38. The van der Waals surface area contributed by atoms with Gasteiger partial charge in [-0.1, -0.05) is 41.6 Å². The molecule has 0 bridgehead atoms. The maximum Gasteiger partial charge on any atom is 0.138 e. The van der Waals surface area contributed by atoms with Crippen LogP contribution in [0.5, 0.6) is 0 Å². The number of benzene rings is 2. The fourth-order valence-corrected chi connectivity index (χ4v) is 3.02. The first-order valence-electron chi connectivity index (χ1n) is 8.75. The average molecular weight is 418 g/mol. The third kappa shape index (κ3) is 4.98. The van der Waals surface area contributed by atoms with Crippen LogP contribution in [-0.2, 0) is 16.9 Å².